The predicted molar refractivity (Wildman–Crippen MR) is 92.5 cm³/mol. The van der Waals surface area contributed by atoms with E-state index in [2.05, 4.69) is 50.8 Å². The monoisotopic (exact) mass is 388 g/mol. The molecule has 1 unspecified atom stereocenters. The molecule has 4 nitrogen and oxygen atoms in total. The van der Waals surface area contributed by atoms with Gasteiger partial charge < -0.3 is 15.4 Å². The highest BCUT2D eigenvalue weighted by Gasteiger charge is 2.39. The zero-order valence-corrected chi connectivity index (χ0v) is 14.8. The van der Waals surface area contributed by atoms with Crippen molar-refractivity contribution in [3.63, 3.8) is 0 Å². The minimum absolute atomic E-state index is 0. The lowest BCUT2D eigenvalue weighted by atomic mass is 9.64. The molecule has 1 aromatic rings. The quantitative estimate of drug-likeness (QED) is 0.831. The maximum atomic E-state index is 12.2. The Morgan fingerprint density at radius 2 is 2.09 bits per heavy atom. The van der Waals surface area contributed by atoms with E-state index in [0.29, 0.717) is 19.8 Å². The number of halogens is 2. The van der Waals surface area contributed by atoms with Crippen LogP contribution >= 0.6 is 28.3 Å². The van der Waals surface area contributed by atoms with Crippen molar-refractivity contribution in [2.24, 2.45) is 0 Å². The molecular formula is C16H22BrClN2O2. The van der Waals surface area contributed by atoms with E-state index in [1.165, 1.54) is 12.0 Å². The van der Waals surface area contributed by atoms with Crippen LogP contribution in [0.1, 0.15) is 24.8 Å². The van der Waals surface area contributed by atoms with Crippen LogP contribution in [0.3, 0.4) is 0 Å². The van der Waals surface area contributed by atoms with E-state index in [1.807, 2.05) is 0 Å². The van der Waals surface area contributed by atoms with Crippen molar-refractivity contribution in [3.05, 3.63) is 34.3 Å². The van der Waals surface area contributed by atoms with Crippen LogP contribution in [0.4, 0.5) is 0 Å². The van der Waals surface area contributed by atoms with Gasteiger partial charge in [0.1, 0.15) is 6.04 Å². The first kappa shape index (κ1) is 17.7. The number of carbonyl (C=O) groups excluding carboxylic acids is 1. The Hall–Kier alpha value is -0.620. The Kier molecular flexibility index (Phi) is 6.26. The van der Waals surface area contributed by atoms with Crippen molar-refractivity contribution >= 4 is 34.2 Å². The van der Waals surface area contributed by atoms with Gasteiger partial charge in [-0.2, -0.15) is 0 Å². The second-order valence-corrected chi connectivity index (χ2v) is 6.86. The number of morpholine rings is 1. The maximum absolute atomic E-state index is 12.2. The number of hydrogen-bond acceptors (Lipinski definition) is 3. The summed E-state index contributed by atoms with van der Waals surface area (Å²) in [6.45, 7) is 2.62. The van der Waals surface area contributed by atoms with Crippen LogP contribution in [-0.4, -0.2) is 38.3 Å². The average molecular weight is 390 g/mol. The molecule has 0 bridgehead atoms. The number of ether oxygens (including phenoxy) is 1. The van der Waals surface area contributed by atoms with Gasteiger partial charge >= 0.3 is 0 Å². The van der Waals surface area contributed by atoms with E-state index >= 15 is 0 Å². The van der Waals surface area contributed by atoms with Crippen LogP contribution in [0, 0.1) is 0 Å². The van der Waals surface area contributed by atoms with E-state index < -0.39 is 0 Å². The topological polar surface area (TPSA) is 50.4 Å². The van der Waals surface area contributed by atoms with Crippen molar-refractivity contribution in [1.82, 2.24) is 10.6 Å². The van der Waals surface area contributed by atoms with E-state index in [9.17, 15) is 4.79 Å². The summed E-state index contributed by atoms with van der Waals surface area (Å²) < 4.78 is 6.44. The summed E-state index contributed by atoms with van der Waals surface area (Å²) in [5, 5.41) is 6.31. The van der Waals surface area contributed by atoms with Gasteiger partial charge in [0, 0.05) is 23.0 Å². The molecular weight excluding hydrogens is 368 g/mol. The first-order valence-corrected chi connectivity index (χ1v) is 8.34. The Labute approximate surface area is 145 Å². The molecule has 2 N–H and O–H groups in total. The normalized spacial score (nSPS) is 23.0. The van der Waals surface area contributed by atoms with Crippen LogP contribution in [0.25, 0.3) is 0 Å². The fourth-order valence-electron chi connectivity index (χ4n) is 3.09. The first-order valence-electron chi connectivity index (χ1n) is 7.55. The largest absolute Gasteiger partial charge is 0.378 e. The van der Waals surface area contributed by atoms with Gasteiger partial charge in [-0.3, -0.25) is 4.79 Å². The fraction of sp³-hybridized carbons (Fsp3) is 0.562. The number of nitrogens with one attached hydrogen (secondary N) is 2. The smallest absolute Gasteiger partial charge is 0.239 e. The van der Waals surface area contributed by atoms with Gasteiger partial charge in [-0.25, -0.2) is 0 Å². The fourth-order valence-corrected chi connectivity index (χ4v) is 3.35. The van der Waals surface area contributed by atoms with E-state index in [0.717, 1.165) is 23.9 Å². The zero-order valence-electron chi connectivity index (χ0n) is 12.4. The van der Waals surface area contributed by atoms with Crippen LogP contribution in [0.5, 0.6) is 0 Å². The maximum Gasteiger partial charge on any atom is 0.239 e. The minimum atomic E-state index is -0.208. The molecule has 1 saturated heterocycles. The van der Waals surface area contributed by atoms with Crippen molar-refractivity contribution < 1.29 is 9.53 Å². The Morgan fingerprint density at radius 3 is 2.64 bits per heavy atom. The van der Waals surface area contributed by atoms with Gasteiger partial charge in [0.15, 0.2) is 0 Å². The van der Waals surface area contributed by atoms with Crippen LogP contribution < -0.4 is 10.6 Å². The molecule has 2 fully saturated rings. The summed E-state index contributed by atoms with van der Waals surface area (Å²) in [5.41, 5.74) is 1.44. The van der Waals surface area contributed by atoms with Gasteiger partial charge in [0.2, 0.25) is 5.91 Å². The van der Waals surface area contributed by atoms with Gasteiger partial charge in [0.25, 0.3) is 0 Å². The number of amides is 1. The second-order valence-electron chi connectivity index (χ2n) is 5.94. The average Bonchev–Trinajstić information content (AvgIpc) is 2.48. The lowest BCUT2D eigenvalue weighted by molar-refractivity contribution is -0.126. The number of hydrogen-bond donors (Lipinski definition) is 2. The van der Waals surface area contributed by atoms with Gasteiger partial charge in [-0.05, 0) is 30.5 Å². The van der Waals surface area contributed by atoms with E-state index in [-0.39, 0.29) is 29.8 Å². The summed E-state index contributed by atoms with van der Waals surface area (Å²) in [6.07, 6.45) is 3.52. The summed E-state index contributed by atoms with van der Waals surface area (Å²) in [6, 6.07) is 8.27. The number of carbonyl (C=O) groups is 1. The third kappa shape index (κ3) is 3.82. The summed E-state index contributed by atoms with van der Waals surface area (Å²) >= 11 is 3.47. The molecule has 22 heavy (non-hydrogen) atoms. The first-order chi connectivity index (χ1) is 10.2. The summed E-state index contributed by atoms with van der Waals surface area (Å²) in [5.74, 6) is 0.0538. The lowest BCUT2D eigenvalue weighted by Gasteiger charge is -2.43. The molecule has 1 aliphatic heterocycles. The van der Waals surface area contributed by atoms with Gasteiger partial charge in [0.05, 0.1) is 13.2 Å². The SMILES string of the molecule is Cl.O=C(NCC1(c2ccc(Br)cc2)CCC1)C1COCCN1. The molecule has 0 spiro atoms. The standard InChI is InChI=1S/C16H21BrN2O2.ClH/c17-13-4-2-12(3-5-13)16(6-1-7-16)11-19-15(20)14-10-21-9-8-18-14;/h2-5,14,18H,1,6-11H2,(H,19,20);1H. The Bertz CT molecular complexity index is 499. The molecule has 1 aromatic carbocycles. The van der Waals surface area contributed by atoms with E-state index in [4.69, 9.17) is 4.74 Å². The van der Waals surface area contributed by atoms with Crippen molar-refractivity contribution in [3.8, 4) is 0 Å². The molecule has 122 valence electrons. The van der Waals surface area contributed by atoms with Crippen LogP contribution in [0.2, 0.25) is 0 Å². The second kappa shape index (κ2) is 7.77. The molecule has 1 atom stereocenters. The molecule has 2 aliphatic rings. The highest BCUT2D eigenvalue weighted by atomic mass is 79.9. The summed E-state index contributed by atoms with van der Waals surface area (Å²) in [7, 11) is 0. The Morgan fingerprint density at radius 1 is 1.36 bits per heavy atom. The number of benzene rings is 1. The third-order valence-corrected chi connectivity index (χ3v) is 5.14. The molecule has 1 amide bonds. The molecule has 1 heterocycles. The van der Waals surface area contributed by atoms with E-state index in [1.54, 1.807) is 0 Å². The van der Waals surface area contributed by atoms with Crippen molar-refractivity contribution in [1.29, 1.82) is 0 Å². The predicted octanol–water partition coefficient (Wildman–Crippen LogP) is 2.40. The zero-order chi connectivity index (χ0) is 14.7. The lowest BCUT2D eigenvalue weighted by Crippen LogP contribution is -2.54. The van der Waals surface area contributed by atoms with Crippen LogP contribution in [-0.2, 0) is 14.9 Å². The Balaban J connectivity index is 0.00000176. The highest BCUT2D eigenvalue weighted by molar-refractivity contribution is 9.10. The van der Waals surface area contributed by atoms with Crippen molar-refractivity contribution in [2.45, 2.75) is 30.7 Å². The van der Waals surface area contributed by atoms with Gasteiger partial charge in [-0.15, -0.1) is 12.4 Å². The molecule has 0 radical (unpaired) electrons. The summed E-state index contributed by atoms with van der Waals surface area (Å²) in [4.78, 5) is 12.2. The molecule has 3 rings (SSSR count). The minimum Gasteiger partial charge on any atom is -0.378 e. The molecule has 0 aromatic heterocycles. The van der Waals surface area contributed by atoms with Crippen molar-refractivity contribution in [2.75, 3.05) is 26.3 Å². The van der Waals surface area contributed by atoms with Crippen LogP contribution in [0.15, 0.2) is 28.7 Å². The van der Waals surface area contributed by atoms with Gasteiger partial charge in [-0.1, -0.05) is 34.5 Å². The molecule has 1 saturated carbocycles. The highest BCUT2D eigenvalue weighted by Crippen LogP contribution is 2.43. The molecule has 6 heteroatoms. The third-order valence-electron chi connectivity index (χ3n) is 4.61. The molecule has 1 aliphatic carbocycles. The number of rotatable bonds is 4.